The molecule has 12 heteroatoms. The van der Waals surface area contributed by atoms with Crippen LogP contribution in [-0.2, 0) is 30.2 Å². The fourth-order valence-electron chi connectivity index (χ4n) is 2.90. The molecule has 0 radical (unpaired) electrons. The highest BCUT2D eigenvalue weighted by Crippen LogP contribution is 2.31. The second-order valence-electron chi connectivity index (χ2n) is 10.8. The Labute approximate surface area is 229 Å². The molecule has 0 aromatic heterocycles. The maximum atomic E-state index is 12.3. The van der Waals surface area contributed by atoms with Crippen molar-refractivity contribution in [1.82, 2.24) is 5.32 Å². The summed E-state index contributed by atoms with van der Waals surface area (Å²) in [6, 6.07) is 3.16. The first kappa shape index (κ1) is 33.5. The van der Waals surface area contributed by atoms with Crippen LogP contribution in [-0.4, -0.2) is 66.0 Å². The van der Waals surface area contributed by atoms with Gasteiger partial charge in [-0.1, -0.05) is 19.4 Å². The van der Waals surface area contributed by atoms with Crippen LogP contribution in [0.5, 0.6) is 11.5 Å². The van der Waals surface area contributed by atoms with Gasteiger partial charge in [0.1, 0.15) is 23.3 Å². The molecule has 0 heterocycles. The van der Waals surface area contributed by atoms with Gasteiger partial charge in [-0.2, -0.15) is 0 Å². The number of hydrogen-bond acceptors (Lipinski definition) is 11. The summed E-state index contributed by atoms with van der Waals surface area (Å²) in [7, 11) is 0. The number of carbonyl (C=O) groups excluding carboxylic acids is 3. The summed E-state index contributed by atoms with van der Waals surface area (Å²) in [5.41, 5.74) is -1.23. The summed E-state index contributed by atoms with van der Waals surface area (Å²) >= 11 is 0. The van der Waals surface area contributed by atoms with E-state index in [4.69, 9.17) is 28.4 Å². The lowest BCUT2D eigenvalue weighted by Crippen LogP contribution is -2.42. The summed E-state index contributed by atoms with van der Waals surface area (Å²) in [5, 5.41) is 12.5. The van der Waals surface area contributed by atoms with Gasteiger partial charge >= 0.3 is 24.4 Å². The van der Waals surface area contributed by atoms with Crippen molar-refractivity contribution in [2.75, 3.05) is 13.2 Å². The number of aliphatic carboxylic acids is 1. The average molecular weight is 556 g/mol. The Morgan fingerprint density at radius 2 is 1.46 bits per heavy atom. The summed E-state index contributed by atoms with van der Waals surface area (Å²) in [6.45, 7) is 13.8. The lowest BCUT2D eigenvalue weighted by Gasteiger charge is -2.21. The van der Waals surface area contributed by atoms with Crippen molar-refractivity contribution >= 4 is 24.4 Å². The smallest absolute Gasteiger partial charge is 0.480 e. The van der Waals surface area contributed by atoms with Crippen LogP contribution < -0.4 is 14.8 Å². The van der Waals surface area contributed by atoms with Crippen molar-refractivity contribution < 1.29 is 52.7 Å². The number of carboxylic acids is 1. The van der Waals surface area contributed by atoms with E-state index in [0.29, 0.717) is 12.0 Å². The molecule has 0 aliphatic heterocycles. The number of ether oxygens (including phenoxy) is 6. The number of hydrogen-bond donors (Lipinski definition) is 2. The molecule has 1 unspecified atom stereocenters. The van der Waals surface area contributed by atoms with Crippen LogP contribution in [0.2, 0.25) is 0 Å². The third-order valence-electron chi connectivity index (χ3n) is 4.58. The Balaban J connectivity index is 3.00. The number of carbonyl (C=O) groups is 4. The Kier molecular flexibility index (Phi) is 13.0. The largest absolute Gasteiger partial charge is 0.514 e. The first-order valence-corrected chi connectivity index (χ1v) is 12.7. The lowest BCUT2D eigenvalue weighted by atomic mass is 10.0. The minimum absolute atomic E-state index is 0.0413. The predicted octanol–water partition coefficient (Wildman–Crippen LogP) is 5.24. The van der Waals surface area contributed by atoms with Crippen LogP contribution in [0.4, 0.5) is 14.4 Å². The van der Waals surface area contributed by atoms with Gasteiger partial charge in [0.15, 0.2) is 11.5 Å². The van der Waals surface area contributed by atoms with Crippen LogP contribution in [0, 0.1) is 0 Å². The number of carboxylic acid groups (broad SMARTS) is 1. The maximum absolute atomic E-state index is 12.3. The van der Waals surface area contributed by atoms with Gasteiger partial charge in [0.25, 0.3) is 0 Å². The molecule has 0 aliphatic carbocycles. The van der Waals surface area contributed by atoms with Crippen molar-refractivity contribution in [3.05, 3.63) is 23.8 Å². The molecule has 0 spiro atoms. The van der Waals surface area contributed by atoms with Crippen LogP contribution in [0.25, 0.3) is 0 Å². The molecule has 39 heavy (non-hydrogen) atoms. The van der Waals surface area contributed by atoms with E-state index < -0.39 is 47.8 Å². The van der Waals surface area contributed by atoms with Gasteiger partial charge in [0, 0.05) is 6.54 Å². The van der Waals surface area contributed by atoms with E-state index in [9.17, 15) is 24.3 Å². The zero-order valence-corrected chi connectivity index (χ0v) is 24.0. The molecule has 0 aliphatic rings. The van der Waals surface area contributed by atoms with Crippen LogP contribution in [0.3, 0.4) is 0 Å². The predicted molar refractivity (Wildman–Crippen MR) is 140 cm³/mol. The quantitative estimate of drug-likeness (QED) is 0.150. The molecular weight excluding hydrogens is 514 g/mol. The molecule has 0 fully saturated rings. The molecular formula is C27H41NO11. The van der Waals surface area contributed by atoms with Crippen molar-refractivity contribution in [1.29, 1.82) is 0 Å². The van der Waals surface area contributed by atoms with E-state index >= 15 is 0 Å². The van der Waals surface area contributed by atoms with Crippen LogP contribution in [0.15, 0.2) is 18.2 Å². The Hall–Kier alpha value is -3.54. The lowest BCUT2D eigenvalue weighted by molar-refractivity contribution is -0.139. The highest BCUT2D eigenvalue weighted by atomic mass is 16.8. The van der Waals surface area contributed by atoms with E-state index in [1.54, 1.807) is 48.5 Å². The molecule has 2 N–H and O–H groups in total. The summed E-state index contributed by atoms with van der Waals surface area (Å²) in [4.78, 5) is 48.1. The standard InChI is InChI=1S/C27H41NO11/c1-9-10-13-34-23(31)35-17(2)16-28-19(22(29)30)14-18-11-12-20(36-24(32)38-26(3,4)5)21(15-18)37-25(33)39-27(6,7)8/h11-12,15,17,19,28H,9-10,13-14,16H2,1-8H3,(H,29,30)/t17?,19-/m0/s1. The second-order valence-corrected chi connectivity index (χ2v) is 10.8. The Morgan fingerprint density at radius 1 is 0.897 bits per heavy atom. The minimum Gasteiger partial charge on any atom is -0.480 e. The van der Waals surface area contributed by atoms with Gasteiger partial charge in [0.2, 0.25) is 0 Å². The van der Waals surface area contributed by atoms with Gasteiger partial charge in [-0.15, -0.1) is 0 Å². The molecule has 12 nitrogen and oxygen atoms in total. The number of nitrogens with one attached hydrogen (secondary N) is 1. The molecule has 0 saturated carbocycles. The third-order valence-corrected chi connectivity index (χ3v) is 4.58. The molecule has 1 rings (SSSR count). The van der Waals surface area contributed by atoms with Gasteiger partial charge in [-0.3, -0.25) is 4.79 Å². The Morgan fingerprint density at radius 3 is 1.97 bits per heavy atom. The molecule has 2 atom stereocenters. The number of unbranched alkanes of at least 4 members (excludes halogenated alkanes) is 1. The Bertz CT molecular complexity index is 979. The second kappa shape index (κ2) is 15.2. The van der Waals surface area contributed by atoms with Gasteiger partial charge in [-0.05, 0) is 79.0 Å². The normalized spacial score (nSPS) is 13.0. The fourth-order valence-corrected chi connectivity index (χ4v) is 2.90. The van der Waals surface area contributed by atoms with E-state index in [1.807, 2.05) is 6.92 Å². The van der Waals surface area contributed by atoms with E-state index in [2.05, 4.69) is 5.32 Å². The molecule has 0 bridgehead atoms. The van der Waals surface area contributed by atoms with Crippen molar-refractivity contribution in [3.63, 3.8) is 0 Å². The van der Waals surface area contributed by atoms with Crippen LogP contribution >= 0.6 is 0 Å². The zero-order chi connectivity index (χ0) is 29.8. The first-order valence-electron chi connectivity index (χ1n) is 12.7. The highest BCUT2D eigenvalue weighted by Gasteiger charge is 2.25. The first-order chi connectivity index (χ1) is 18.0. The van der Waals surface area contributed by atoms with Crippen molar-refractivity contribution in [2.45, 2.75) is 98.0 Å². The van der Waals surface area contributed by atoms with Gasteiger partial charge in [0.05, 0.1) is 6.61 Å². The van der Waals surface area contributed by atoms with Crippen molar-refractivity contribution in [2.24, 2.45) is 0 Å². The topological polar surface area (TPSA) is 156 Å². The fraction of sp³-hybridized carbons (Fsp3) is 0.630. The molecule has 0 amide bonds. The number of rotatable bonds is 12. The summed E-state index contributed by atoms with van der Waals surface area (Å²) in [5.74, 6) is -1.44. The summed E-state index contributed by atoms with van der Waals surface area (Å²) < 4.78 is 30.9. The zero-order valence-electron chi connectivity index (χ0n) is 24.0. The molecule has 1 aromatic rings. The van der Waals surface area contributed by atoms with Crippen LogP contribution in [0.1, 0.15) is 73.8 Å². The highest BCUT2D eigenvalue weighted by molar-refractivity contribution is 5.74. The van der Waals surface area contributed by atoms with Gasteiger partial charge in [-0.25, -0.2) is 14.4 Å². The maximum Gasteiger partial charge on any atom is 0.514 e. The monoisotopic (exact) mass is 555 g/mol. The number of benzene rings is 1. The summed E-state index contributed by atoms with van der Waals surface area (Å²) in [6.07, 6.45) is -2.01. The minimum atomic E-state index is -1.16. The van der Waals surface area contributed by atoms with E-state index in [0.717, 1.165) is 6.42 Å². The van der Waals surface area contributed by atoms with Gasteiger partial charge < -0.3 is 38.8 Å². The third kappa shape index (κ3) is 14.8. The molecule has 220 valence electrons. The SMILES string of the molecule is CCCCOC(=O)OC(C)CN[C@@H](Cc1ccc(OC(=O)OC(C)(C)C)c(OC(=O)OC(C)(C)C)c1)C(=O)O. The molecule has 1 aromatic carbocycles. The van der Waals surface area contributed by atoms with Crippen molar-refractivity contribution in [3.8, 4) is 11.5 Å². The van der Waals surface area contributed by atoms with E-state index in [1.165, 1.54) is 18.2 Å². The average Bonchev–Trinajstić information content (AvgIpc) is 2.75. The van der Waals surface area contributed by atoms with E-state index in [-0.39, 0.29) is 31.1 Å². The molecule has 0 saturated heterocycles.